The molecule has 0 bridgehead atoms. The van der Waals surface area contributed by atoms with Crippen LogP contribution in [0.3, 0.4) is 0 Å². The Bertz CT molecular complexity index is 564. The minimum Gasteiger partial charge on any atom is -0.477 e. The molecule has 11 N–H and O–H groups in total. The number of hydrogen-bond donors (Lipinski definition) is 11. The number of carboxylic acid groups (broad SMARTS) is 1. The highest BCUT2D eigenvalue weighted by molar-refractivity contribution is 5.75. The predicted molar refractivity (Wildman–Crippen MR) is 87.9 cm³/mol. The van der Waals surface area contributed by atoms with Gasteiger partial charge in [-0.3, -0.25) is 5.32 Å². The van der Waals surface area contributed by atoms with Gasteiger partial charge >= 0.3 is 5.97 Å². The summed E-state index contributed by atoms with van der Waals surface area (Å²) in [7, 11) is 0. The van der Waals surface area contributed by atoms with Gasteiger partial charge in [-0.2, -0.15) is 0 Å². The van der Waals surface area contributed by atoms with Crippen molar-refractivity contribution in [2.24, 2.45) is 0 Å². The van der Waals surface area contributed by atoms with E-state index in [1.165, 1.54) is 0 Å². The van der Waals surface area contributed by atoms with Crippen LogP contribution < -0.4 is 5.32 Å². The first-order valence-electron chi connectivity index (χ1n) is 8.82. The van der Waals surface area contributed by atoms with Gasteiger partial charge in [-0.05, 0) is 0 Å². The van der Waals surface area contributed by atoms with E-state index in [4.69, 9.17) is 19.7 Å². The topological polar surface area (TPSA) is 250 Å². The van der Waals surface area contributed by atoms with Crippen molar-refractivity contribution in [1.82, 2.24) is 5.32 Å². The van der Waals surface area contributed by atoms with E-state index in [0.29, 0.717) is 0 Å². The van der Waals surface area contributed by atoms with Crippen molar-refractivity contribution in [3.05, 3.63) is 0 Å². The second kappa shape index (κ2) is 9.42. The van der Waals surface area contributed by atoms with Crippen LogP contribution in [-0.2, 0) is 14.3 Å². The molecule has 0 spiro atoms. The van der Waals surface area contributed by atoms with Crippen LogP contribution in [0, 0.1) is 0 Å². The van der Waals surface area contributed by atoms with E-state index in [0.717, 1.165) is 0 Å². The highest BCUT2D eigenvalue weighted by atomic mass is 16.7. The second-order valence-electron chi connectivity index (χ2n) is 7.13. The number of aliphatic carboxylic acids is 1. The van der Waals surface area contributed by atoms with Crippen molar-refractivity contribution >= 4 is 5.97 Å². The number of carbonyl (C=O) groups is 1. The highest BCUT2D eigenvalue weighted by Crippen LogP contribution is 2.32. The van der Waals surface area contributed by atoms with E-state index in [1.54, 1.807) is 0 Å². The van der Waals surface area contributed by atoms with E-state index >= 15 is 0 Å². The normalized spacial score (nSPS) is 45.6. The van der Waals surface area contributed by atoms with Crippen LogP contribution >= 0.6 is 0 Å². The third-order valence-electron chi connectivity index (χ3n) is 5.09. The average molecular weight is 429 g/mol. The molecular weight excluding hydrogens is 402 g/mol. The van der Waals surface area contributed by atoms with Crippen molar-refractivity contribution in [2.75, 3.05) is 13.2 Å². The standard InChI is InChI=1S/C15H27NO13/c17-2-5(20)8(21)12-7(4(19)1-15(27,29-12)14(25)26)16-13-11(24)10(23)9(22)6(3-18)28-13/h4-13,16-24,27H,1-3H2,(H,25,26)/t4-,5+,6+,7+,8+,9+,10-,11+,12+,13?,15?/m0/s1. The van der Waals surface area contributed by atoms with Crippen LogP contribution in [0.5, 0.6) is 0 Å². The fourth-order valence-electron chi connectivity index (χ4n) is 3.36. The van der Waals surface area contributed by atoms with Crippen LogP contribution in [0.15, 0.2) is 0 Å². The monoisotopic (exact) mass is 429 g/mol. The fourth-order valence-corrected chi connectivity index (χ4v) is 3.36. The zero-order chi connectivity index (χ0) is 22.1. The van der Waals surface area contributed by atoms with E-state index in [2.05, 4.69) is 5.32 Å². The number of nitrogens with one attached hydrogen (secondary N) is 1. The zero-order valence-corrected chi connectivity index (χ0v) is 15.1. The van der Waals surface area contributed by atoms with Crippen molar-refractivity contribution in [1.29, 1.82) is 0 Å². The molecular formula is C15H27NO13. The van der Waals surface area contributed by atoms with E-state index < -0.39 is 92.5 Å². The molecule has 170 valence electrons. The number of aliphatic hydroxyl groups excluding tert-OH is 8. The van der Waals surface area contributed by atoms with Crippen LogP contribution in [0.2, 0.25) is 0 Å². The maximum Gasteiger partial charge on any atom is 0.364 e. The average Bonchev–Trinajstić information content (AvgIpc) is 2.68. The van der Waals surface area contributed by atoms with Crippen LogP contribution in [-0.4, -0.2) is 137 Å². The van der Waals surface area contributed by atoms with E-state index in [1.807, 2.05) is 0 Å². The smallest absolute Gasteiger partial charge is 0.364 e. The molecule has 0 radical (unpaired) electrons. The Morgan fingerprint density at radius 2 is 1.72 bits per heavy atom. The molecule has 2 saturated heterocycles. The van der Waals surface area contributed by atoms with Crippen molar-refractivity contribution in [3.8, 4) is 0 Å². The van der Waals surface area contributed by atoms with Gasteiger partial charge in [0.1, 0.15) is 49.0 Å². The van der Waals surface area contributed by atoms with Gasteiger partial charge in [-0.15, -0.1) is 0 Å². The maximum absolute atomic E-state index is 11.3. The Morgan fingerprint density at radius 1 is 1.10 bits per heavy atom. The molecule has 2 rings (SSSR count). The first kappa shape index (κ1) is 24.3. The van der Waals surface area contributed by atoms with Gasteiger partial charge in [-0.25, -0.2) is 4.79 Å². The summed E-state index contributed by atoms with van der Waals surface area (Å²) in [5.41, 5.74) is 0. The maximum atomic E-state index is 11.3. The summed E-state index contributed by atoms with van der Waals surface area (Å²) in [6, 6.07) is -1.48. The summed E-state index contributed by atoms with van der Waals surface area (Å²) in [5, 5.41) is 100. The Labute approximate surface area is 164 Å². The van der Waals surface area contributed by atoms with Gasteiger partial charge in [0, 0.05) is 6.42 Å². The molecule has 0 aromatic rings. The van der Waals surface area contributed by atoms with Crippen molar-refractivity contribution < 1.29 is 65.3 Å². The summed E-state index contributed by atoms with van der Waals surface area (Å²) in [4.78, 5) is 11.3. The molecule has 29 heavy (non-hydrogen) atoms. The Kier molecular flexibility index (Phi) is 7.88. The molecule has 2 heterocycles. The van der Waals surface area contributed by atoms with Gasteiger partial charge in [0.05, 0.1) is 25.4 Å². The van der Waals surface area contributed by atoms with Crippen LogP contribution in [0.1, 0.15) is 6.42 Å². The summed E-state index contributed by atoms with van der Waals surface area (Å²) in [5.74, 6) is -4.80. The third-order valence-corrected chi connectivity index (χ3v) is 5.09. The van der Waals surface area contributed by atoms with Gasteiger partial charge in [-0.1, -0.05) is 0 Å². The molecule has 0 saturated carbocycles. The second-order valence-corrected chi connectivity index (χ2v) is 7.13. The lowest BCUT2D eigenvalue weighted by molar-refractivity contribution is -0.303. The van der Waals surface area contributed by atoms with E-state index in [-0.39, 0.29) is 0 Å². The lowest BCUT2D eigenvalue weighted by Gasteiger charge is -2.48. The highest BCUT2D eigenvalue weighted by Gasteiger charge is 2.55. The Hall–Kier alpha value is -1.01. The molecule has 14 nitrogen and oxygen atoms in total. The van der Waals surface area contributed by atoms with Gasteiger partial charge in [0.25, 0.3) is 5.79 Å². The van der Waals surface area contributed by atoms with Gasteiger partial charge in [0.2, 0.25) is 0 Å². The number of aliphatic hydroxyl groups is 9. The molecule has 2 aliphatic rings. The van der Waals surface area contributed by atoms with Crippen LogP contribution in [0.4, 0.5) is 0 Å². The Morgan fingerprint density at radius 3 is 2.24 bits per heavy atom. The molecule has 0 aromatic carbocycles. The molecule has 2 aliphatic heterocycles. The first-order valence-corrected chi connectivity index (χ1v) is 8.82. The largest absolute Gasteiger partial charge is 0.477 e. The molecule has 14 heteroatoms. The number of hydrogen-bond acceptors (Lipinski definition) is 13. The predicted octanol–water partition coefficient (Wildman–Crippen LogP) is -6.62. The lowest BCUT2D eigenvalue weighted by atomic mass is 9.88. The Balaban J connectivity index is 2.28. The molecule has 2 unspecified atom stereocenters. The molecule has 0 aliphatic carbocycles. The zero-order valence-electron chi connectivity index (χ0n) is 15.1. The summed E-state index contributed by atoms with van der Waals surface area (Å²) < 4.78 is 10.2. The SMILES string of the molecule is O=C(O)C1(O)C[C@H](O)[C@@H](NC2O[C@H](CO)[C@@H](O)[C@H](O)[C@H]2O)[C@H]([C@H](O)[C@H](O)CO)O1. The third kappa shape index (κ3) is 4.84. The van der Waals surface area contributed by atoms with E-state index in [9.17, 15) is 45.6 Å². The molecule has 11 atom stereocenters. The number of rotatable bonds is 7. The summed E-state index contributed by atoms with van der Waals surface area (Å²) in [6.07, 6.45) is -16.3. The minimum absolute atomic E-state index is 0.735. The first-order chi connectivity index (χ1) is 13.5. The lowest BCUT2D eigenvalue weighted by Crippen LogP contribution is -2.71. The minimum atomic E-state index is -2.92. The van der Waals surface area contributed by atoms with Crippen LogP contribution in [0.25, 0.3) is 0 Å². The van der Waals surface area contributed by atoms with Crippen molar-refractivity contribution in [2.45, 2.75) is 73.3 Å². The number of carboxylic acids is 1. The number of ether oxygens (including phenoxy) is 2. The molecule has 0 amide bonds. The quantitative estimate of drug-likeness (QED) is 0.180. The molecule has 0 aromatic heterocycles. The summed E-state index contributed by atoms with van der Waals surface area (Å²) in [6.45, 7) is -1.70. The summed E-state index contributed by atoms with van der Waals surface area (Å²) >= 11 is 0. The van der Waals surface area contributed by atoms with Gasteiger partial charge in [0.15, 0.2) is 0 Å². The van der Waals surface area contributed by atoms with Crippen molar-refractivity contribution in [3.63, 3.8) is 0 Å². The fraction of sp³-hybridized carbons (Fsp3) is 0.933. The molecule has 2 fully saturated rings. The van der Waals surface area contributed by atoms with Gasteiger partial charge < -0.3 is 60.5 Å².